The second-order valence-electron chi connectivity index (χ2n) is 3.92. The molecule has 0 aliphatic rings. The highest BCUT2D eigenvalue weighted by molar-refractivity contribution is 5.80. The number of nitrogens with zero attached hydrogens (tertiary/aromatic N) is 3. The Morgan fingerprint density at radius 2 is 2.17 bits per heavy atom. The van der Waals surface area contributed by atoms with Crippen molar-refractivity contribution in [2.24, 2.45) is 0 Å². The van der Waals surface area contributed by atoms with Crippen molar-refractivity contribution < 1.29 is 9.53 Å². The van der Waals surface area contributed by atoms with Gasteiger partial charge in [0, 0.05) is 6.07 Å². The first-order chi connectivity index (χ1) is 8.69. The summed E-state index contributed by atoms with van der Waals surface area (Å²) in [5.41, 5.74) is 3.17. The smallest absolute Gasteiger partial charge is 0.153 e. The number of aromatic nitrogens is 3. The van der Waals surface area contributed by atoms with Gasteiger partial charge < -0.3 is 4.74 Å². The van der Waals surface area contributed by atoms with Crippen molar-refractivity contribution in [2.45, 2.75) is 20.3 Å². The van der Waals surface area contributed by atoms with Crippen molar-refractivity contribution in [3.63, 3.8) is 0 Å². The fourth-order valence-electron chi connectivity index (χ4n) is 1.77. The van der Waals surface area contributed by atoms with Gasteiger partial charge in [0.25, 0.3) is 0 Å². The molecule has 1 heterocycles. The Bertz CT molecular complexity index is 576. The monoisotopic (exact) mass is 245 g/mol. The van der Waals surface area contributed by atoms with Gasteiger partial charge in [-0.1, -0.05) is 6.92 Å². The van der Waals surface area contributed by atoms with Crippen LogP contribution in [-0.2, 0) is 6.42 Å². The van der Waals surface area contributed by atoms with Crippen LogP contribution in [0.1, 0.15) is 28.7 Å². The van der Waals surface area contributed by atoms with Crippen molar-refractivity contribution in [3.8, 4) is 11.4 Å². The Morgan fingerprint density at radius 3 is 2.72 bits per heavy atom. The molecule has 0 radical (unpaired) electrons. The highest BCUT2D eigenvalue weighted by atomic mass is 16.5. The molecule has 0 amide bonds. The molecule has 0 fully saturated rings. The zero-order valence-electron chi connectivity index (χ0n) is 10.7. The van der Waals surface area contributed by atoms with Crippen molar-refractivity contribution in [1.82, 2.24) is 15.0 Å². The Morgan fingerprint density at radius 1 is 1.39 bits per heavy atom. The van der Waals surface area contributed by atoms with E-state index in [4.69, 9.17) is 4.74 Å². The van der Waals surface area contributed by atoms with Crippen LogP contribution in [0.4, 0.5) is 0 Å². The molecule has 18 heavy (non-hydrogen) atoms. The van der Waals surface area contributed by atoms with Gasteiger partial charge in [0.15, 0.2) is 6.29 Å². The average molecular weight is 245 g/mol. The maximum atomic E-state index is 10.8. The average Bonchev–Trinajstić information content (AvgIpc) is 2.79. The third kappa shape index (κ3) is 2.11. The Kier molecular flexibility index (Phi) is 3.41. The SMILES string of the molecule is CCc1nn(-c2ccc(C=O)c(OC)c2)nc1C. The van der Waals surface area contributed by atoms with Gasteiger partial charge in [-0.05, 0) is 25.5 Å². The maximum Gasteiger partial charge on any atom is 0.153 e. The van der Waals surface area contributed by atoms with Gasteiger partial charge in [0.2, 0.25) is 0 Å². The summed E-state index contributed by atoms with van der Waals surface area (Å²) in [4.78, 5) is 12.4. The highest BCUT2D eigenvalue weighted by Crippen LogP contribution is 2.20. The number of aryl methyl sites for hydroxylation is 2. The molecule has 1 aromatic carbocycles. The van der Waals surface area contributed by atoms with Crippen LogP contribution in [0.2, 0.25) is 0 Å². The molecule has 0 bridgehead atoms. The molecule has 0 unspecified atom stereocenters. The minimum Gasteiger partial charge on any atom is -0.496 e. The fourth-order valence-corrected chi connectivity index (χ4v) is 1.77. The second-order valence-corrected chi connectivity index (χ2v) is 3.92. The van der Waals surface area contributed by atoms with Crippen molar-refractivity contribution in [2.75, 3.05) is 7.11 Å². The first-order valence-corrected chi connectivity index (χ1v) is 5.76. The lowest BCUT2D eigenvalue weighted by Crippen LogP contribution is -2.01. The predicted molar refractivity (Wildman–Crippen MR) is 67.4 cm³/mol. The number of methoxy groups -OCH3 is 1. The first kappa shape index (κ1) is 12.3. The van der Waals surface area contributed by atoms with Crippen molar-refractivity contribution in [3.05, 3.63) is 35.2 Å². The molecule has 2 aromatic rings. The van der Waals surface area contributed by atoms with Crippen molar-refractivity contribution in [1.29, 1.82) is 0 Å². The van der Waals surface area contributed by atoms with Gasteiger partial charge in [0.1, 0.15) is 5.75 Å². The van der Waals surface area contributed by atoms with E-state index in [-0.39, 0.29) is 0 Å². The summed E-state index contributed by atoms with van der Waals surface area (Å²) in [6.07, 6.45) is 1.61. The fraction of sp³-hybridized carbons (Fsp3) is 0.308. The number of rotatable bonds is 4. The number of aldehydes is 1. The van der Waals surface area contributed by atoms with Crippen LogP contribution >= 0.6 is 0 Å². The molecule has 5 heteroatoms. The molecule has 0 atom stereocenters. The maximum absolute atomic E-state index is 10.8. The Hall–Kier alpha value is -2.17. The van der Waals surface area contributed by atoms with Gasteiger partial charge >= 0.3 is 0 Å². The van der Waals surface area contributed by atoms with Crippen LogP contribution in [0.25, 0.3) is 5.69 Å². The van der Waals surface area contributed by atoms with Gasteiger partial charge in [-0.2, -0.15) is 15.0 Å². The molecule has 0 aliphatic heterocycles. The number of benzene rings is 1. The van der Waals surface area contributed by atoms with E-state index in [1.54, 1.807) is 23.0 Å². The number of hydrogen-bond donors (Lipinski definition) is 0. The Labute approximate surface area is 105 Å². The molecule has 0 saturated heterocycles. The molecule has 2 rings (SSSR count). The zero-order valence-corrected chi connectivity index (χ0v) is 10.7. The lowest BCUT2D eigenvalue weighted by Gasteiger charge is -2.05. The highest BCUT2D eigenvalue weighted by Gasteiger charge is 2.09. The summed E-state index contributed by atoms with van der Waals surface area (Å²) in [5.74, 6) is 0.524. The van der Waals surface area contributed by atoms with Crippen LogP contribution < -0.4 is 4.74 Å². The Balaban J connectivity index is 2.47. The number of hydrogen-bond acceptors (Lipinski definition) is 4. The third-order valence-corrected chi connectivity index (χ3v) is 2.79. The summed E-state index contributed by atoms with van der Waals surface area (Å²) < 4.78 is 5.16. The summed E-state index contributed by atoms with van der Waals surface area (Å²) in [6.45, 7) is 3.97. The summed E-state index contributed by atoms with van der Waals surface area (Å²) >= 11 is 0. The quantitative estimate of drug-likeness (QED) is 0.773. The van der Waals surface area contributed by atoms with E-state index < -0.39 is 0 Å². The van der Waals surface area contributed by atoms with Gasteiger partial charge in [-0.25, -0.2) is 0 Å². The van der Waals surface area contributed by atoms with E-state index >= 15 is 0 Å². The van der Waals surface area contributed by atoms with Crippen LogP contribution in [0.3, 0.4) is 0 Å². The van der Waals surface area contributed by atoms with Gasteiger partial charge in [0.05, 0.1) is 29.7 Å². The lowest BCUT2D eigenvalue weighted by molar-refractivity contribution is 0.112. The summed E-state index contributed by atoms with van der Waals surface area (Å²) in [7, 11) is 1.53. The minimum absolute atomic E-state index is 0.515. The van der Waals surface area contributed by atoms with E-state index in [0.717, 1.165) is 29.8 Å². The van der Waals surface area contributed by atoms with E-state index in [9.17, 15) is 4.79 Å². The van der Waals surface area contributed by atoms with E-state index in [0.29, 0.717) is 11.3 Å². The third-order valence-electron chi connectivity index (χ3n) is 2.79. The normalized spacial score (nSPS) is 10.4. The molecular weight excluding hydrogens is 230 g/mol. The first-order valence-electron chi connectivity index (χ1n) is 5.76. The van der Waals surface area contributed by atoms with E-state index in [2.05, 4.69) is 10.2 Å². The van der Waals surface area contributed by atoms with Crippen LogP contribution in [-0.4, -0.2) is 28.4 Å². The van der Waals surface area contributed by atoms with Gasteiger partial charge in [-0.15, -0.1) is 0 Å². The molecular formula is C13H15N3O2. The largest absolute Gasteiger partial charge is 0.496 e. The zero-order chi connectivity index (χ0) is 13.1. The molecule has 0 aliphatic carbocycles. The predicted octanol–water partition coefficient (Wildman–Crippen LogP) is 1.96. The summed E-state index contributed by atoms with van der Waals surface area (Å²) in [6, 6.07) is 5.25. The number of ether oxygens (including phenoxy) is 1. The minimum atomic E-state index is 0.515. The van der Waals surface area contributed by atoms with Gasteiger partial charge in [-0.3, -0.25) is 4.79 Å². The molecule has 94 valence electrons. The lowest BCUT2D eigenvalue weighted by atomic mass is 10.2. The van der Waals surface area contributed by atoms with Crippen LogP contribution in [0, 0.1) is 6.92 Å². The number of carbonyl (C=O) groups excluding carboxylic acids is 1. The van der Waals surface area contributed by atoms with Crippen LogP contribution in [0.5, 0.6) is 5.75 Å². The number of carbonyl (C=O) groups is 1. The van der Waals surface area contributed by atoms with Crippen LogP contribution in [0.15, 0.2) is 18.2 Å². The molecule has 5 nitrogen and oxygen atoms in total. The van der Waals surface area contributed by atoms with E-state index in [1.165, 1.54) is 7.11 Å². The second kappa shape index (κ2) is 5.00. The molecule has 1 aromatic heterocycles. The molecule has 0 saturated carbocycles. The topological polar surface area (TPSA) is 57.0 Å². The standard InChI is InChI=1S/C13H15N3O2/c1-4-12-9(2)14-16(15-12)11-6-5-10(8-17)13(7-11)18-3/h5-8H,4H2,1-3H3. The molecule has 0 N–H and O–H groups in total. The summed E-state index contributed by atoms with van der Waals surface area (Å²) in [5, 5.41) is 8.74. The molecule has 0 spiro atoms. The van der Waals surface area contributed by atoms with Crippen molar-refractivity contribution >= 4 is 6.29 Å². The van der Waals surface area contributed by atoms with E-state index in [1.807, 2.05) is 13.8 Å².